The van der Waals surface area contributed by atoms with Crippen LogP contribution in [0.4, 0.5) is 0 Å². The summed E-state index contributed by atoms with van der Waals surface area (Å²) >= 11 is 1.28. The summed E-state index contributed by atoms with van der Waals surface area (Å²) in [5.41, 5.74) is 1.38. The summed E-state index contributed by atoms with van der Waals surface area (Å²) < 4.78 is 3.73. The SMILES string of the molecule is OC(CC1=CCCC1)c1cnns1. The molecule has 1 aliphatic rings. The zero-order chi connectivity index (χ0) is 9.10. The van der Waals surface area contributed by atoms with E-state index < -0.39 is 6.10 Å². The van der Waals surface area contributed by atoms with E-state index in [1.165, 1.54) is 29.9 Å². The van der Waals surface area contributed by atoms with Crippen LogP contribution in [-0.2, 0) is 0 Å². The lowest BCUT2D eigenvalue weighted by Crippen LogP contribution is -1.95. The maximum Gasteiger partial charge on any atom is 0.0951 e. The fourth-order valence-corrected chi connectivity index (χ4v) is 2.08. The van der Waals surface area contributed by atoms with Gasteiger partial charge in [-0.15, -0.1) is 5.10 Å². The highest BCUT2D eigenvalue weighted by atomic mass is 32.1. The third-order valence-electron chi connectivity index (χ3n) is 2.30. The topological polar surface area (TPSA) is 46.0 Å². The molecule has 70 valence electrons. The summed E-state index contributed by atoms with van der Waals surface area (Å²) in [5.74, 6) is 0. The zero-order valence-corrected chi connectivity index (χ0v) is 8.13. The number of allylic oxidation sites excluding steroid dienone is 1. The fraction of sp³-hybridized carbons (Fsp3) is 0.556. The van der Waals surface area contributed by atoms with Gasteiger partial charge < -0.3 is 5.11 Å². The molecule has 1 atom stereocenters. The Balaban J connectivity index is 1.95. The number of hydrogen-bond donors (Lipinski definition) is 1. The number of hydrogen-bond acceptors (Lipinski definition) is 4. The molecule has 1 N–H and O–H groups in total. The van der Waals surface area contributed by atoms with Crippen LogP contribution in [0.25, 0.3) is 0 Å². The summed E-state index contributed by atoms with van der Waals surface area (Å²) in [6.45, 7) is 0. The molecule has 1 aliphatic carbocycles. The highest BCUT2D eigenvalue weighted by Crippen LogP contribution is 2.28. The van der Waals surface area contributed by atoms with E-state index >= 15 is 0 Å². The molecule has 0 bridgehead atoms. The average Bonchev–Trinajstić information content (AvgIpc) is 2.74. The number of aliphatic hydroxyl groups is 1. The van der Waals surface area contributed by atoms with Crippen LogP contribution in [0.15, 0.2) is 17.8 Å². The number of aliphatic hydroxyl groups excluding tert-OH is 1. The van der Waals surface area contributed by atoms with Crippen LogP contribution in [0.5, 0.6) is 0 Å². The van der Waals surface area contributed by atoms with Gasteiger partial charge in [-0.2, -0.15) is 0 Å². The van der Waals surface area contributed by atoms with Crippen molar-refractivity contribution in [1.29, 1.82) is 0 Å². The standard InChI is InChI=1S/C9H12N2OS/c12-8(9-6-10-11-13-9)5-7-3-1-2-4-7/h3,6,8,12H,1-2,4-5H2. The molecule has 1 aromatic heterocycles. The van der Waals surface area contributed by atoms with E-state index in [4.69, 9.17) is 0 Å². The Kier molecular flexibility index (Phi) is 2.71. The highest BCUT2D eigenvalue weighted by Gasteiger charge is 2.14. The van der Waals surface area contributed by atoms with Gasteiger partial charge in [0.1, 0.15) is 0 Å². The van der Waals surface area contributed by atoms with Gasteiger partial charge in [0.2, 0.25) is 0 Å². The minimum absolute atomic E-state index is 0.399. The van der Waals surface area contributed by atoms with Crippen molar-refractivity contribution in [2.75, 3.05) is 0 Å². The lowest BCUT2D eigenvalue weighted by atomic mass is 10.1. The lowest BCUT2D eigenvalue weighted by Gasteiger charge is -2.07. The van der Waals surface area contributed by atoms with Gasteiger partial charge in [-0.3, -0.25) is 0 Å². The molecular weight excluding hydrogens is 184 g/mol. The second kappa shape index (κ2) is 3.98. The third kappa shape index (κ3) is 2.14. The molecule has 0 saturated carbocycles. The predicted octanol–water partition coefficient (Wildman–Crippen LogP) is 2.07. The molecule has 1 unspecified atom stereocenters. The molecule has 1 aromatic rings. The Hall–Kier alpha value is -0.740. The van der Waals surface area contributed by atoms with Crippen molar-refractivity contribution < 1.29 is 5.11 Å². The van der Waals surface area contributed by atoms with E-state index in [1.807, 2.05) is 0 Å². The van der Waals surface area contributed by atoms with E-state index in [1.54, 1.807) is 6.20 Å². The van der Waals surface area contributed by atoms with Gasteiger partial charge in [-0.05, 0) is 37.2 Å². The van der Waals surface area contributed by atoms with Gasteiger partial charge in [0.05, 0.1) is 17.2 Å². The number of rotatable bonds is 3. The van der Waals surface area contributed by atoms with Crippen LogP contribution < -0.4 is 0 Å². The Labute approximate surface area is 81.3 Å². The van der Waals surface area contributed by atoms with Crippen molar-refractivity contribution in [3.63, 3.8) is 0 Å². The van der Waals surface area contributed by atoms with E-state index in [0.717, 1.165) is 17.7 Å². The van der Waals surface area contributed by atoms with E-state index in [0.29, 0.717) is 0 Å². The molecule has 2 rings (SSSR count). The van der Waals surface area contributed by atoms with Crippen molar-refractivity contribution >= 4 is 11.5 Å². The van der Waals surface area contributed by atoms with Gasteiger partial charge in [0, 0.05) is 0 Å². The van der Waals surface area contributed by atoms with Gasteiger partial charge in [0.25, 0.3) is 0 Å². The average molecular weight is 196 g/mol. The summed E-state index contributed by atoms with van der Waals surface area (Å²) in [5, 5.41) is 13.5. The summed E-state index contributed by atoms with van der Waals surface area (Å²) in [6, 6.07) is 0. The highest BCUT2D eigenvalue weighted by molar-refractivity contribution is 7.05. The third-order valence-corrected chi connectivity index (χ3v) is 3.06. The van der Waals surface area contributed by atoms with E-state index in [-0.39, 0.29) is 0 Å². The molecule has 0 radical (unpaired) electrons. The molecule has 0 aliphatic heterocycles. The van der Waals surface area contributed by atoms with Crippen molar-refractivity contribution in [2.24, 2.45) is 0 Å². The summed E-state index contributed by atoms with van der Waals surface area (Å²) in [6.07, 6.45) is 7.78. The zero-order valence-electron chi connectivity index (χ0n) is 7.31. The predicted molar refractivity (Wildman–Crippen MR) is 51.4 cm³/mol. The van der Waals surface area contributed by atoms with Crippen molar-refractivity contribution in [1.82, 2.24) is 9.59 Å². The molecule has 0 saturated heterocycles. The second-order valence-corrected chi connectivity index (χ2v) is 4.11. The Morgan fingerprint density at radius 2 is 2.54 bits per heavy atom. The first kappa shape index (κ1) is 8.84. The first-order valence-corrected chi connectivity index (χ1v) is 5.27. The molecule has 4 heteroatoms. The van der Waals surface area contributed by atoms with E-state index in [9.17, 15) is 5.11 Å². The van der Waals surface area contributed by atoms with Gasteiger partial charge in [0.15, 0.2) is 0 Å². The van der Waals surface area contributed by atoms with Crippen LogP contribution in [0.3, 0.4) is 0 Å². The first-order chi connectivity index (χ1) is 6.36. The molecule has 3 nitrogen and oxygen atoms in total. The van der Waals surface area contributed by atoms with Crippen molar-refractivity contribution in [2.45, 2.75) is 31.8 Å². The Morgan fingerprint density at radius 1 is 1.62 bits per heavy atom. The lowest BCUT2D eigenvalue weighted by molar-refractivity contribution is 0.181. The molecule has 0 aromatic carbocycles. The molecule has 1 heterocycles. The minimum Gasteiger partial charge on any atom is -0.387 e. The van der Waals surface area contributed by atoms with Gasteiger partial charge >= 0.3 is 0 Å². The van der Waals surface area contributed by atoms with Gasteiger partial charge in [-0.25, -0.2) is 0 Å². The second-order valence-electron chi connectivity index (χ2n) is 3.29. The molecule has 13 heavy (non-hydrogen) atoms. The first-order valence-electron chi connectivity index (χ1n) is 4.49. The molecule has 0 fully saturated rings. The molecular formula is C9H12N2OS. The largest absolute Gasteiger partial charge is 0.387 e. The minimum atomic E-state index is -0.399. The summed E-state index contributed by atoms with van der Waals surface area (Å²) in [4.78, 5) is 0.868. The molecule has 0 amide bonds. The van der Waals surface area contributed by atoms with Crippen molar-refractivity contribution in [3.8, 4) is 0 Å². The van der Waals surface area contributed by atoms with Crippen LogP contribution >= 0.6 is 11.5 Å². The quantitative estimate of drug-likeness (QED) is 0.753. The van der Waals surface area contributed by atoms with Gasteiger partial charge in [-0.1, -0.05) is 16.1 Å². The van der Waals surface area contributed by atoms with Crippen LogP contribution in [0.1, 0.15) is 36.7 Å². The number of nitrogens with zero attached hydrogens (tertiary/aromatic N) is 2. The van der Waals surface area contributed by atoms with Crippen LogP contribution in [-0.4, -0.2) is 14.7 Å². The molecule has 0 spiro atoms. The maximum atomic E-state index is 9.76. The van der Waals surface area contributed by atoms with Crippen LogP contribution in [0.2, 0.25) is 0 Å². The fourth-order valence-electron chi connectivity index (χ4n) is 1.59. The Morgan fingerprint density at radius 3 is 3.15 bits per heavy atom. The van der Waals surface area contributed by atoms with Crippen molar-refractivity contribution in [3.05, 3.63) is 22.7 Å². The monoisotopic (exact) mass is 196 g/mol. The Bertz CT molecular complexity index is 295. The normalized spacial score (nSPS) is 18.7. The van der Waals surface area contributed by atoms with E-state index in [2.05, 4.69) is 15.7 Å². The maximum absolute atomic E-state index is 9.76. The smallest absolute Gasteiger partial charge is 0.0951 e. The number of aromatic nitrogens is 2. The summed E-state index contributed by atoms with van der Waals surface area (Å²) in [7, 11) is 0. The van der Waals surface area contributed by atoms with Crippen LogP contribution in [0, 0.1) is 0 Å².